The summed E-state index contributed by atoms with van der Waals surface area (Å²) in [6.07, 6.45) is 2.10. The quantitative estimate of drug-likeness (QED) is 0.356. The van der Waals surface area contributed by atoms with E-state index in [0.29, 0.717) is 36.7 Å². The van der Waals surface area contributed by atoms with Crippen molar-refractivity contribution in [1.29, 1.82) is 0 Å². The molecule has 7 nitrogen and oxygen atoms in total. The van der Waals surface area contributed by atoms with Crippen LogP contribution in [0.1, 0.15) is 49.3 Å². The van der Waals surface area contributed by atoms with Gasteiger partial charge in [-0.2, -0.15) is 0 Å². The Labute approximate surface area is 223 Å². The van der Waals surface area contributed by atoms with Crippen LogP contribution in [0.3, 0.4) is 0 Å². The minimum Gasteiger partial charge on any atom is -0.494 e. The number of benzene rings is 3. The van der Waals surface area contributed by atoms with Crippen molar-refractivity contribution in [2.24, 2.45) is 0 Å². The smallest absolute Gasteiger partial charge is 0.203 e. The van der Waals surface area contributed by atoms with Gasteiger partial charge in [0.05, 0.1) is 45.4 Å². The normalized spacial score (nSPS) is 18.4. The molecule has 1 aliphatic carbocycles. The number of nitrogens with one attached hydrogen (secondary N) is 2. The van der Waals surface area contributed by atoms with Gasteiger partial charge in [-0.25, -0.2) is 0 Å². The lowest BCUT2D eigenvalue weighted by Gasteiger charge is -2.30. The third-order valence-corrected chi connectivity index (χ3v) is 7.15. The van der Waals surface area contributed by atoms with Crippen LogP contribution in [0.25, 0.3) is 0 Å². The third-order valence-electron chi connectivity index (χ3n) is 7.15. The minimum absolute atomic E-state index is 0.0693. The number of fused-ring (bicyclic) bond motifs is 1. The average molecular weight is 515 g/mol. The summed E-state index contributed by atoms with van der Waals surface area (Å²) in [5, 5.41) is 7.21. The first-order valence-corrected chi connectivity index (χ1v) is 13.0. The maximum Gasteiger partial charge on any atom is 0.203 e. The second-order valence-electron chi connectivity index (χ2n) is 9.54. The first-order valence-electron chi connectivity index (χ1n) is 13.0. The maximum atomic E-state index is 13.9. The molecule has 0 fully saturated rings. The lowest BCUT2D eigenvalue weighted by molar-refractivity contribution is -0.116. The predicted octanol–water partition coefficient (Wildman–Crippen LogP) is 6.48. The van der Waals surface area contributed by atoms with Crippen molar-refractivity contribution >= 4 is 17.2 Å². The number of methoxy groups -OCH3 is 3. The fourth-order valence-electron chi connectivity index (χ4n) is 5.30. The van der Waals surface area contributed by atoms with Crippen LogP contribution in [0, 0.1) is 0 Å². The molecular formula is C31H34N2O5. The van der Waals surface area contributed by atoms with Gasteiger partial charge in [0, 0.05) is 17.7 Å². The van der Waals surface area contributed by atoms with E-state index in [-0.39, 0.29) is 11.7 Å². The highest BCUT2D eigenvalue weighted by Crippen LogP contribution is 2.47. The molecule has 2 unspecified atom stereocenters. The van der Waals surface area contributed by atoms with E-state index < -0.39 is 6.04 Å². The van der Waals surface area contributed by atoms with Crippen molar-refractivity contribution in [2.75, 3.05) is 38.6 Å². The molecule has 1 heterocycles. The molecule has 7 heteroatoms. The van der Waals surface area contributed by atoms with Gasteiger partial charge in [0.25, 0.3) is 0 Å². The van der Waals surface area contributed by atoms with Gasteiger partial charge in [-0.05, 0) is 66.3 Å². The molecule has 3 aromatic carbocycles. The number of Topliss-reactive ketones (excluding diaryl/α,β-unsaturated/α-hetero) is 1. The van der Waals surface area contributed by atoms with E-state index >= 15 is 0 Å². The first-order chi connectivity index (χ1) is 18.6. The average Bonchev–Trinajstić information content (AvgIpc) is 3.12. The molecule has 0 bridgehead atoms. The SMILES string of the molecule is CCCOc1ccc(C2CC(=O)C3=C(C2)Nc2ccccc2NC3c2cc(OC)c(OC)c(OC)c2)cc1. The molecule has 3 aromatic rings. The first kappa shape index (κ1) is 25.5. The fourth-order valence-corrected chi connectivity index (χ4v) is 5.30. The number of anilines is 2. The van der Waals surface area contributed by atoms with Crippen molar-refractivity contribution in [3.05, 3.63) is 83.1 Å². The van der Waals surface area contributed by atoms with E-state index in [9.17, 15) is 4.79 Å². The van der Waals surface area contributed by atoms with Crippen molar-refractivity contribution in [3.63, 3.8) is 0 Å². The van der Waals surface area contributed by atoms with Crippen LogP contribution in [-0.2, 0) is 4.79 Å². The highest BCUT2D eigenvalue weighted by molar-refractivity contribution is 6.01. The lowest BCUT2D eigenvalue weighted by Crippen LogP contribution is -2.27. The second kappa shape index (κ2) is 11.1. The predicted molar refractivity (Wildman–Crippen MR) is 149 cm³/mol. The number of ketones is 1. The Bertz CT molecular complexity index is 1320. The second-order valence-corrected chi connectivity index (χ2v) is 9.54. The molecule has 0 radical (unpaired) electrons. The highest BCUT2D eigenvalue weighted by atomic mass is 16.5. The molecule has 0 amide bonds. The third kappa shape index (κ3) is 4.88. The van der Waals surface area contributed by atoms with Crippen molar-refractivity contribution in [2.45, 2.75) is 38.1 Å². The Balaban J connectivity index is 1.56. The summed E-state index contributed by atoms with van der Waals surface area (Å²) < 4.78 is 22.5. The molecule has 2 atom stereocenters. The molecule has 2 N–H and O–H groups in total. The molecule has 0 spiro atoms. The largest absolute Gasteiger partial charge is 0.494 e. The van der Waals surface area contributed by atoms with Gasteiger partial charge < -0.3 is 29.6 Å². The van der Waals surface area contributed by atoms with Crippen molar-refractivity contribution in [3.8, 4) is 23.0 Å². The van der Waals surface area contributed by atoms with Gasteiger partial charge >= 0.3 is 0 Å². The molecule has 198 valence electrons. The van der Waals surface area contributed by atoms with E-state index in [1.165, 1.54) is 0 Å². The molecule has 5 rings (SSSR count). The van der Waals surface area contributed by atoms with Gasteiger partial charge in [-0.15, -0.1) is 0 Å². The number of carbonyl (C=O) groups is 1. The van der Waals surface area contributed by atoms with Crippen LogP contribution in [0.5, 0.6) is 23.0 Å². The Kier molecular flexibility index (Phi) is 7.45. The zero-order valence-corrected chi connectivity index (χ0v) is 22.3. The zero-order valence-electron chi connectivity index (χ0n) is 22.3. The molecule has 0 saturated heterocycles. The Morgan fingerprint density at radius 2 is 1.53 bits per heavy atom. The number of rotatable bonds is 8. The van der Waals surface area contributed by atoms with Gasteiger partial charge in [0.1, 0.15) is 5.75 Å². The zero-order chi connectivity index (χ0) is 26.6. The van der Waals surface area contributed by atoms with E-state index in [1.54, 1.807) is 21.3 Å². The number of hydrogen-bond donors (Lipinski definition) is 2. The van der Waals surface area contributed by atoms with Gasteiger partial charge in [0.15, 0.2) is 17.3 Å². The summed E-state index contributed by atoms with van der Waals surface area (Å²) in [6.45, 7) is 2.78. The fraction of sp³-hybridized carbons (Fsp3) is 0.323. The number of allylic oxidation sites excluding steroid dienone is 1. The van der Waals surface area contributed by atoms with Gasteiger partial charge in [-0.3, -0.25) is 4.79 Å². The number of carbonyl (C=O) groups excluding carboxylic acids is 1. The standard InChI is InChI=1S/C31H34N2O5/c1-5-14-38-22-12-10-19(11-13-22)20-15-25-29(26(34)16-20)30(33-24-9-7-6-8-23(24)32-25)21-17-27(35-2)31(37-4)28(18-21)36-3/h6-13,17-18,20,30,32-33H,5,14-16H2,1-4H3. The van der Waals surface area contributed by atoms with Gasteiger partial charge in [-0.1, -0.05) is 31.2 Å². The van der Waals surface area contributed by atoms with Crippen molar-refractivity contribution in [1.82, 2.24) is 0 Å². The summed E-state index contributed by atoms with van der Waals surface area (Å²) in [5.74, 6) is 2.63. The highest BCUT2D eigenvalue weighted by Gasteiger charge is 2.36. The summed E-state index contributed by atoms with van der Waals surface area (Å²) in [7, 11) is 4.77. The molecular weight excluding hydrogens is 480 g/mol. The van der Waals surface area contributed by atoms with Crippen molar-refractivity contribution < 1.29 is 23.7 Å². The van der Waals surface area contributed by atoms with E-state index in [0.717, 1.165) is 45.9 Å². The van der Waals surface area contributed by atoms with Crippen LogP contribution in [0.4, 0.5) is 11.4 Å². The summed E-state index contributed by atoms with van der Waals surface area (Å²) in [6, 6.07) is 19.6. The van der Waals surface area contributed by atoms with Crippen LogP contribution >= 0.6 is 0 Å². The lowest BCUT2D eigenvalue weighted by atomic mass is 9.78. The van der Waals surface area contributed by atoms with Crippen LogP contribution in [0.15, 0.2) is 71.9 Å². The number of hydrogen-bond acceptors (Lipinski definition) is 7. The van der Waals surface area contributed by atoms with Gasteiger partial charge in [0.2, 0.25) is 5.75 Å². The van der Waals surface area contributed by atoms with Crippen LogP contribution in [-0.4, -0.2) is 33.7 Å². The molecule has 2 aliphatic rings. The summed E-state index contributed by atoms with van der Waals surface area (Å²) >= 11 is 0. The minimum atomic E-state index is -0.395. The maximum absolute atomic E-state index is 13.9. The monoisotopic (exact) mass is 514 g/mol. The molecule has 0 aromatic heterocycles. The van der Waals surface area contributed by atoms with E-state index in [2.05, 4.69) is 29.7 Å². The molecule has 1 aliphatic heterocycles. The number of para-hydroxylation sites is 2. The van der Waals surface area contributed by atoms with Crippen LogP contribution in [0.2, 0.25) is 0 Å². The molecule has 0 saturated carbocycles. The molecule has 38 heavy (non-hydrogen) atoms. The Morgan fingerprint density at radius 3 is 2.16 bits per heavy atom. The Morgan fingerprint density at radius 1 is 0.842 bits per heavy atom. The van der Waals surface area contributed by atoms with E-state index in [1.807, 2.05) is 48.5 Å². The van der Waals surface area contributed by atoms with Crippen LogP contribution < -0.4 is 29.6 Å². The number of ether oxygens (including phenoxy) is 4. The topological polar surface area (TPSA) is 78.1 Å². The summed E-state index contributed by atoms with van der Waals surface area (Å²) in [4.78, 5) is 13.9. The summed E-state index contributed by atoms with van der Waals surface area (Å²) in [5.41, 5.74) is 5.50. The van der Waals surface area contributed by atoms with E-state index in [4.69, 9.17) is 18.9 Å². The Hall–Kier alpha value is -4.13.